The molecule has 0 radical (unpaired) electrons. The molecular formula is C26H25ClN2O3S2. The van der Waals surface area contributed by atoms with E-state index in [2.05, 4.69) is 10.0 Å². The maximum atomic E-state index is 12.7. The first-order valence-corrected chi connectivity index (χ1v) is 13.5. The van der Waals surface area contributed by atoms with Crippen molar-refractivity contribution in [2.24, 2.45) is 0 Å². The average Bonchev–Trinajstić information content (AvgIpc) is 3.31. The number of nitrogens with one attached hydrogen (secondary N) is 2. The largest absolute Gasteiger partial charge is 0.457 e. The van der Waals surface area contributed by atoms with Crippen LogP contribution in [0.15, 0.2) is 95.2 Å². The summed E-state index contributed by atoms with van der Waals surface area (Å²) in [4.78, 5) is 0.955. The molecule has 0 amide bonds. The van der Waals surface area contributed by atoms with Gasteiger partial charge in [-0.15, -0.1) is 11.3 Å². The van der Waals surface area contributed by atoms with Gasteiger partial charge >= 0.3 is 0 Å². The van der Waals surface area contributed by atoms with E-state index in [0.29, 0.717) is 35.3 Å². The van der Waals surface area contributed by atoms with Gasteiger partial charge in [0.1, 0.15) is 15.7 Å². The highest BCUT2D eigenvalue weighted by molar-refractivity contribution is 7.91. The van der Waals surface area contributed by atoms with Crippen molar-refractivity contribution in [1.29, 1.82) is 0 Å². The molecule has 0 aliphatic heterocycles. The summed E-state index contributed by atoms with van der Waals surface area (Å²) in [7, 11) is -3.54. The number of ether oxygens (including phenoxy) is 1. The van der Waals surface area contributed by atoms with Crippen LogP contribution in [-0.4, -0.2) is 15.0 Å². The normalized spacial score (nSPS) is 11.4. The Morgan fingerprint density at radius 2 is 1.56 bits per heavy atom. The number of para-hydroxylation sites is 1. The van der Waals surface area contributed by atoms with E-state index < -0.39 is 10.0 Å². The first-order chi connectivity index (χ1) is 16.5. The van der Waals surface area contributed by atoms with Crippen molar-refractivity contribution in [2.75, 3.05) is 6.54 Å². The molecule has 0 aliphatic carbocycles. The second-order valence-corrected chi connectivity index (χ2v) is 11.3. The Kier molecular flexibility index (Phi) is 8.37. The molecule has 1 aromatic heterocycles. The van der Waals surface area contributed by atoms with Gasteiger partial charge in [0.05, 0.1) is 0 Å². The van der Waals surface area contributed by atoms with Crippen molar-refractivity contribution >= 4 is 33.0 Å². The van der Waals surface area contributed by atoms with E-state index in [-0.39, 0.29) is 0 Å². The molecule has 176 valence electrons. The van der Waals surface area contributed by atoms with E-state index >= 15 is 0 Å². The summed E-state index contributed by atoms with van der Waals surface area (Å²) in [6.45, 7) is 1.57. The van der Waals surface area contributed by atoms with Crippen LogP contribution in [0.5, 0.6) is 11.5 Å². The number of hydrogen-bond acceptors (Lipinski definition) is 5. The molecule has 4 aromatic rings. The van der Waals surface area contributed by atoms with E-state index in [1.807, 2.05) is 84.9 Å². The van der Waals surface area contributed by atoms with Crippen LogP contribution in [0.4, 0.5) is 0 Å². The molecule has 5 nitrogen and oxygen atoms in total. The fraction of sp³-hybridized carbons (Fsp3) is 0.154. The Morgan fingerprint density at radius 3 is 2.32 bits per heavy atom. The molecule has 1 heterocycles. The Hall–Kier alpha value is -2.68. The topological polar surface area (TPSA) is 67.4 Å². The van der Waals surface area contributed by atoms with E-state index in [9.17, 15) is 8.42 Å². The molecule has 0 bridgehead atoms. The van der Waals surface area contributed by atoms with Crippen molar-refractivity contribution in [1.82, 2.24) is 10.0 Å². The number of rotatable bonds is 11. The Labute approximate surface area is 209 Å². The molecule has 4 rings (SSSR count). The van der Waals surface area contributed by atoms with Gasteiger partial charge < -0.3 is 10.1 Å². The Balaban J connectivity index is 1.23. The summed E-state index contributed by atoms with van der Waals surface area (Å²) in [5, 5.41) is 4.02. The Bertz CT molecular complexity index is 1310. The maximum Gasteiger partial charge on any atom is 0.250 e. The third-order valence-electron chi connectivity index (χ3n) is 5.03. The summed E-state index contributed by atoms with van der Waals surface area (Å²) in [6.07, 6.45) is 0.588. The first-order valence-electron chi connectivity index (χ1n) is 10.8. The zero-order chi connectivity index (χ0) is 23.8. The van der Waals surface area contributed by atoms with Gasteiger partial charge in [-0.1, -0.05) is 54.1 Å². The zero-order valence-corrected chi connectivity index (χ0v) is 20.8. The lowest BCUT2D eigenvalue weighted by Gasteiger charge is -2.08. The predicted octanol–water partition coefficient (Wildman–Crippen LogP) is 6.00. The highest BCUT2D eigenvalue weighted by Gasteiger charge is 2.16. The van der Waals surface area contributed by atoms with Crippen LogP contribution in [0.2, 0.25) is 5.02 Å². The van der Waals surface area contributed by atoms with Crippen LogP contribution < -0.4 is 14.8 Å². The van der Waals surface area contributed by atoms with E-state index in [4.69, 9.17) is 16.3 Å². The summed E-state index contributed by atoms with van der Waals surface area (Å²) < 4.78 is 34.1. The minimum absolute atomic E-state index is 0.318. The lowest BCUT2D eigenvalue weighted by Crippen LogP contribution is -2.25. The van der Waals surface area contributed by atoms with Crippen molar-refractivity contribution < 1.29 is 13.2 Å². The second-order valence-electron chi connectivity index (χ2n) is 7.66. The van der Waals surface area contributed by atoms with Crippen LogP contribution in [0.1, 0.15) is 16.0 Å². The van der Waals surface area contributed by atoms with Gasteiger partial charge in [0.25, 0.3) is 0 Å². The zero-order valence-electron chi connectivity index (χ0n) is 18.4. The smallest absolute Gasteiger partial charge is 0.250 e. The number of benzene rings is 3. The number of hydrogen-bond donors (Lipinski definition) is 2. The number of sulfonamides is 1. The van der Waals surface area contributed by atoms with Gasteiger partial charge in [0, 0.05) is 29.5 Å². The molecule has 0 aliphatic rings. The van der Waals surface area contributed by atoms with Gasteiger partial charge in [-0.05, 0) is 66.1 Å². The molecule has 0 unspecified atom stereocenters. The van der Waals surface area contributed by atoms with Crippen LogP contribution in [-0.2, 0) is 29.5 Å². The van der Waals surface area contributed by atoms with Crippen LogP contribution >= 0.6 is 22.9 Å². The van der Waals surface area contributed by atoms with Gasteiger partial charge in [-0.25, -0.2) is 13.1 Å². The minimum Gasteiger partial charge on any atom is -0.457 e. The van der Waals surface area contributed by atoms with Gasteiger partial charge in [0.15, 0.2) is 0 Å². The van der Waals surface area contributed by atoms with E-state index in [1.165, 1.54) is 11.3 Å². The quantitative estimate of drug-likeness (QED) is 0.258. The molecule has 34 heavy (non-hydrogen) atoms. The molecule has 0 fully saturated rings. The Morgan fingerprint density at radius 1 is 0.794 bits per heavy atom. The molecule has 8 heteroatoms. The first kappa shape index (κ1) is 24.4. The molecule has 0 saturated carbocycles. The van der Waals surface area contributed by atoms with Crippen molar-refractivity contribution in [3.8, 4) is 11.5 Å². The average molecular weight is 513 g/mol. The molecule has 0 spiro atoms. The van der Waals surface area contributed by atoms with Gasteiger partial charge in [-0.2, -0.15) is 0 Å². The van der Waals surface area contributed by atoms with E-state index in [0.717, 1.165) is 27.5 Å². The summed E-state index contributed by atoms with van der Waals surface area (Å²) >= 11 is 7.28. The minimum atomic E-state index is -3.54. The molecule has 0 saturated heterocycles. The second kappa shape index (κ2) is 11.6. The van der Waals surface area contributed by atoms with Gasteiger partial charge in [0.2, 0.25) is 10.0 Å². The summed E-state index contributed by atoms with van der Waals surface area (Å²) in [5.74, 6) is 1.52. The third kappa shape index (κ3) is 7.16. The number of halogens is 1. The van der Waals surface area contributed by atoms with Gasteiger partial charge in [-0.3, -0.25) is 0 Å². The maximum absolute atomic E-state index is 12.7. The third-order valence-corrected chi connectivity index (χ3v) is 8.30. The monoisotopic (exact) mass is 512 g/mol. The van der Waals surface area contributed by atoms with Crippen molar-refractivity contribution in [2.45, 2.75) is 23.7 Å². The highest BCUT2D eigenvalue weighted by Crippen LogP contribution is 2.23. The van der Waals surface area contributed by atoms with Crippen LogP contribution in [0, 0.1) is 0 Å². The highest BCUT2D eigenvalue weighted by atomic mass is 35.5. The molecular weight excluding hydrogens is 488 g/mol. The lowest BCUT2D eigenvalue weighted by atomic mass is 10.1. The summed E-state index contributed by atoms with van der Waals surface area (Å²) in [5.41, 5.74) is 2.11. The lowest BCUT2D eigenvalue weighted by molar-refractivity contribution is 0.482. The number of thiophene rings is 1. The van der Waals surface area contributed by atoms with E-state index in [1.54, 1.807) is 6.07 Å². The van der Waals surface area contributed by atoms with Crippen molar-refractivity contribution in [3.63, 3.8) is 0 Å². The SMILES string of the molecule is O=S(=O)(NCCc1ccc(Oc2ccccc2)cc1)c1ccc(CNCc2cccc(Cl)c2)s1. The summed E-state index contributed by atoms with van der Waals surface area (Å²) in [6, 6.07) is 28.4. The fourth-order valence-corrected chi connectivity index (χ4v) is 5.94. The predicted molar refractivity (Wildman–Crippen MR) is 138 cm³/mol. The molecule has 3 aromatic carbocycles. The molecule has 0 atom stereocenters. The standard InChI is InChI=1S/C26H25ClN2O3S2/c27-22-6-4-5-21(17-22)18-28-19-25-13-14-26(33-25)34(30,31)29-16-15-20-9-11-24(12-10-20)32-23-7-2-1-3-8-23/h1-14,17,28-29H,15-16,18-19H2. The van der Waals surface area contributed by atoms with Crippen molar-refractivity contribution in [3.05, 3.63) is 112 Å². The fourth-order valence-electron chi connectivity index (χ4n) is 3.32. The van der Waals surface area contributed by atoms with Crippen LogP contribution in [0.3, 0.4) is 0 Å². The molecule has 2 N–H and O–H groups in total. The van der Waals surface area contributed by atoms with Crippen LogP contribution in [0.25, 0.3) is 0 Å².